The summed E-state index contributed by atoms with van der Waals surface area (Å²) in [6.45, 7) is 7.91. The maximum absolute atomic E-state index is 11.7. The highest BCUT2D eigenvalue weighted by Gasteiger charge is 2.28. The van der Waals surface area contributed by atoms with Crippen LogP contribution in [0.5, 0.6) is 0 Å². The number of nitrogens with zero attached hydrogens (tertiary/aromatic N) is 1. The van der Waals surface area contributed by atoms with E-state index in [-0.39, 0.29) is 12.1 Å². The van der Waals surface area contributed by atoms with Gasteiger partial charge in [0, 0.05) is 6.04 Å². The van der Waals surface area contributed by atoms with Crippen LogP contribution in [0, 0.1) is 0 Å². The Morgan fingerprint density at radius 3 is 2.93 bits per heavy atom. The van der Waals surface area contributed by atoms with Crippen molar-refractivity contribution in [3.05, 3.63) is 22.9 Å². The van der Waals surface area contributed by atoms with Gasteiger partial charge in [0.2, 0.25) is 0 Å². The Morgan fingerprint density at radius 2 is 2.29 bits per heavy atom. The van der Waals surface area contributed by atoms with Gasteiger partial charge in [-0.3, -0.25) is 4.90 Å². The van der Waals surface area contributed by atoms with Gasteiger partial charge < -0.3 is 5.32 Å². The molecule has 0 unspecified atom stereocenters. The predicted molar refractivity (Wildman–Crippen MR) is 59.3 cm³/mol. The number of urea groups is 1. The Morgan fingerprint density at radius 1 is 1.57 bits per heavy atom. The summed E-state index contributed by atoms with van der Waals surface area (Å²) in [5, 5.41) is 4.80. The molecule has 74 valence electrons. The van der Waals surface area contributed by atoms with Gasteiger partial charge in [-0.1, -0.05) is 6.58 Å². The third-order valence-corrected chi connectivity index (χ3v) is 3.16. The summed E-state index contributed by atoms with van der Waals surface area (Å²) in [5.74, 6) is 0. The van der Waals surface area contributed by atoms with Crippen LogP contribution in [0.25, 0.3) is 5.70 Å². The van der Waals surface area contributed by atoms with E-state index >= 15 is 0 Å². The number of rotatable bonds is 1. The van der Waals surface area contributed by atoms with E-state index in [0.29, 0.717) is 0 Å². The Bertz CT molecular complexity index is 395. The zero-order valence-corrected chi connectivity index (χ0v) is 9.02. The molecule has 14 heavy (non-hydrogen) atoms. The first-order valence-corrected chi connectivity index (χ1v) is 5.36. The third kappa shape index (κ3) is 1.23. The van der Waals surface area contributed by atoms with Gasteiger partial charge in [-0.15, -0.1) is 11.3 Å². The SMILES string of the molecule is C=C1c2sccc2NC(=O)N1C(C)C. The topological polar surface area (TPSA) is 32.3 Å². The molecule has 0 saturated heterocycles. The molecule has 0 radical (unpaired) electrons. The summed E-state index contributed by atoms with van der Waals surface area (Å²) in [5.41, 5.74) is 1.68. The minimum Gasteiger partial charge on any atom is -0.306 e. The fraction of sp³-hybridized carbons (Fsp3) is 0.300. The van der Waals surface area contributed by atoms with E-state index in [0.717, 1.165) is 16.3 Å². The van der Waals surface area contributed by atoms with Gasteiger partial charge in [-0.25, -0.2) is 4.79 Å². The zero-order chi connectivity index (χ0) is 10.3. The van der Waals surface area contributed by atoms with Gasteiger partial charge in [0.05, 0.1) is 16.3 Å². The van der Waals surface area contributed by atoms with Crippen LogP contribution in [0.2, 0.25) is 0 Å². The summed E-state index contributed by atoms with van der Waals surface area (Å²) in [6, 6.07) is 1.95. The molecule has 1 aromatic rings. The summed E-state index contributed by atoms with van der Waals surface area (Å²) < 4.78 is 0. The average Bonchev–Trinajstić information content (AvgIpc) is 2.50. The van der Waals surface area contributed by atoms with Crippen molar-refractivity contribution in [2.45, 2.75) is 19.9 Å². The first-order chi connectivity index (χ1) is 6.61. The van der Waals surface area contributed by atoms with Crippen molar-refractivity contribution in [2.24, 2.45) is 0 Å². The lowest BCUT2D eigenvalue weighted by Crippen LogP contribution is -2.41. The van der Waals surface area contributed by atoms with Crippen molar-refractivity contribution in [3.63, 3.8) is 0 Å². The summed E-state index contributed by atoms with van der Waals surface area (Å²) in [4.78, 5) is 14.4. The fourth-order valence-electron chi connectivity index (χ4n) is 1.58. The molecule has 0 spiro atoms. The number of hydrogen-bond acceptors (Lipinski definition) is 2. The largest absolute Gasteiger partial charge is 0.326 e. The van der Waals surface area contributed by atoms with Crippen LogP contribution in [-0.2, 0) is 0 Å². The molecule has 2 heterocycles. The van der Waals surface area contributed by atoms with Crippen LogP contribution in [0.3, 0.4) is 0 Å². The van der Waals surface area contributed by atoms with Crippen molar-refractivity contribution < 1.29 is 4.79 Å². The van der Waals surface area contributed by atoms with Gasteiger partial charge in [0.1, 0.15) is 0 Å². The molecule has 2 rings (SSSR count). The Balaban J connectivity index is 2.44. The van der Waals surface area contributed by atoms with Gasteiger partial charge in [0.25, 0.3) is 0 Å². The Labute approximate surface area is 87.0 Å². The highest BCUT2D eigenvalue weighted by molar-refractivity contribution is 7.11. The van der Waals surface area contributed by atoms with E-state index in [1.165, 1.54) is 0 Å². The van der Waals surface area contributed by atoms with E-state index in [9.17, 15) is 4.79 Å². The lowest BCUT2D eigenvalue weighted by Gasteiger charge is -2.32. The number of hydrogen-bond donors (Lipinski definition) is 1. The first-order valence-electron chi connectivity index (χ1n) is 4.48. The zero-order valence-electron chi connectivity index (χ0n) is 8.20. The van der Waals surface area contributed by atoms with E-state index in [2.05, 4.69) is 11.9 Å². The second-order valence-corrected chi connectivity index (χ2v) is 4.42. The maximum atomic E-state index is 11.7. The van der Waals surface area contributed by atoms with Crippen LogP contribution in [-0.4, -0.2) is 17.0 Å². The van der Waals surface area contributed by atoms with Crippen LogP contribution in [0.4, 0.5) is 10.5 Å². The molecule has 0 saturated carbocycles. The maximum Gasteiger partial charge on any atom is 0.326 e. The van der Waals surface area contributed by atoms with E-state index in [1.807, 2.05) is 25.3 Å². The van der Waals surface area contributed by atoms with E-state index < -0.39 is 0 Å². The normalized spacial score (nSPS) is 15.8. The fourth-order valence-corrected chi connectivity index (χ4v) is 2.41. The second-order valence-electron chi connectivity index (χ2n) is 3.50. The van der Waals surface area contributed by atoms with Gasteiger partial charge in [-0.2, -0.15) is 0 Å². The third-order valence-electron chi connectivity index (χ3n) is 2.19. The summed E-state index contributed by atoms with van der Waals surface area (Å²) in [7, 11) is 0. The van der Waals surface area contributed by atoms with Crippen molar-refractivity contribution in [1.82, 2.24) is 4.90 Å². The molecule has 0 atom stereocenters. The number of nitrogens with one attached hydrogen (secondary N) is 1. The van der Waals surface area contributed by atoms with Gasteiger partial charge in [0.15, 0.2) is 0 Å². The smallest absolute Gasteiger partial charge is 0.306 e. The number of anilines is 1. The molecule has 0 aromatic carbocycles. The van der Waals surface area contributed by atoms with Crippen LogP contribution in [0.15, 0.2) is 18.0 Å². The number of fused-ring (bicyclic) bond motifs is 1. The van der Waals surface area contributed by atoms with Gasteiger partial charge in [-0.05, 0) is 25.3 Å². The van der Waals surface area contributed by atoms with Crippen molar-refractivity contribution in [1.29, 1.82) is 0 Å². The quantitative estimate of drug-likeness (QED) is 0.756. The molecule has 0 fully saturated rings. The van der Waals surface area contributed by atoms with Gasteiger partial charge >= 0.3 is 6.03 Å². The molecule has 0 bridgehead atoms. The number of carbonyl (C=O) groups is 1. The van der Waals surface area contributed by atoms with E-state index in [1.54, 1.807) is 16.2 Å². The minimum absolute atomic E-state index is 0.0871. The Hall–Kier alpha value is -1.29. The first kappa shape index (κ1) is 9.27. The summed E-state index contributed by atoms with van der Waals surface area (Å²) >= 11 is 1.60. The molecule has 1 aliphatic heterocycles. The van der Waals surface area contributed by atoms with Crippen LogP contribution >= 0.6 is 11.3 Å². The molecular formula is C10H12N2OS. The van der Waals surface area contributed by atoms with Crippen molar-refractivity contribution >= 4 is 28.8 Å². The standard InChI is InChI=1S/C10H12N2OS/c1-6(2)12-7(3)9-8(4-5-14-9)11-10(12)13/h4-6H,3H2,1-2H3,(H,11,13). The molecule has 1 aliphatic rings. The highest BCUT2D eigenvalue weighted by Crippen LogP contribution is 2.36. The summed E-state index contributed by atoms with van der Waals surface area (Å²) in [6.07, 6.45) is 0. The van der Waals surface area contributed by atoms with E-state index in [4.69, 9.17) is 0 Å². The molecule has 4 heteroatoms. The number of carbonyl (C=O) groups excluding carboxylic acids is 1. The second kappa shape index (κ2) is 3.13. The minimum atomic E-state index is -0.0871. The monoisotopic (exact) mass is 208 g/mol. The van der Waals surface area contributed by atoms with Crippen molar-refractivity contribution in [3.8, 4) is 0 Å². The lowest BCUT2D eigenvalue weighted by molar-refractivity contribution is 0.222. The molecule has 1 aromatic heterocycles. The predicted octanol–water partition coefficient (Wildman–Crippen LogP) is 2.97. The van der Waals surface area contributed by atoms with Crippen LogP contribution in [0.1, 0.15) is 18.7 Å². The molecule has 2 amide bonds. The lowest BCUT2D eigenvalue weighted by atomic mass is 10.2. The van der Waals surface area contributed by atoms with Crippen molar-refractivity contribution in [2.75, 3.05) is 5.32 Å². The number of amides is 2. The van der Waals surface area contributed by atoms with Crippen LogP contribution < -0.4 is 5.32 Å². The molecule has 1 N–H and O–H groups in total. The Kier molecular flexibility index (Phi) is 2.07. The number of thiophene rings is 1. The molecule has 3 nitrogen and oxygen atoms in total. The average molecular weight is 208 g/mol. The highest BCUT2D eigenvalue weighted by atomic mass is 32.1. The molecule has 0 aliphatic carbocycles. The molecular weight excluding hydrogens is 196 g/mol.